The summed E-state index contributed by atoms with van der Waals surface area (Å²) in [6.07, 6.45) is 6.01. The van der Waals surface area contributed by atoms with Gasteiger partial charge >= 0.3 is 0 Å². The van der Waals surface area contributed by atoms with Crippen LogP contribution < -0.4 is 10.6 Å². The Bertz CT molecular complexity index is 1230. The van der Waals surface area contributed by atoms with Gasteiger partial charge in [0.2, 0.25) is 17.6 Å². The molecular weight excluding hydrogens is 456 g/mol. The molecule has 1 aromatic carbocycles. The molecule has 34 heavy (non-hydrogen) atoms. The largest absolute Gasteiger partial charge is 0.449 e. The van der Waals surface area contributed by atoms with Crippen LogP contribution in [-0.2, 0) is 9.59 Å². The molecule has 3 heterocycles. The first-order chi connectivity index (χ1) is 16.5. The average molecular weight is 481 g/mol. The van der Waals surface area contributed by atoms with Gasteiger partial charge in [0.1, 0.15) is 17.1 Å². The predicted octanol–water partition coefficient (Wildman–Crippen LogP) is 4.85. The molecule has 3 aromatic rings. The number of fused-ring (bicyclic) bond motifs is 1. The van der Waals surface area contributed by atoms with E-state index in [-0.39, 0.29) is 29.5 Å². The van der Waals surface area contributed by atoms with Crippen LogP contribution in [0.15, 0.2) is 47.0 Å². The number of nitrogens with one attached hydrogen (secondary N) is 2. The fraction of sp³-hybridized carbons (Fsp3) is 0.360. The summed E-state index contributed by atoms with van der Waals surface area (Å²) in [5, 5.41) is 6.76. The molecule has 2 aliphatic rings. The zero-order valence-electron chi connectivity index (χ0n) is 18.6. The molecule has 176 valence electrons. The van der Waals surface area contributed by atoms with Crippen molar-refractivity contribution in [1.29, 1.82) is 0 Å². The van der Waals surface area contributed by atoms with Gasteiger partial charge in [-0.25, -0.2) is 4.98 Å². The summed E-state index contributed by atoms with van der Waals surface area (Å²) in [5.74, 6) is -0.279. The zero-order chi connectivity index (χ0) is 23.7. The minimum Gasteiger partial charge on any atom is -0.449 e. The maximum absolute atomic E-state index is 13.2. The molecule has 3 amide bonds. The molecule has 1 aliphatic carbocycles. The highest BCUT2D eigenvalue weighted by atomic mass is 35.5. The summed E-state index contributed by atoms with van der Waals surface area (Å²) in [7, 11) is 0. The molecule has 0 unspecified atom stereocenters. The van der Waals surface area contributed by atoms with Gasteiger partial charge in [0.05, 0.1) is 5.02 Å². The van der Waals surface area contributed by atoms with Gasteiger partial charge in [0.25, 0.3) is 5.91 Å². The van der Waals surface area contributed by atoms with E-state index in [1.165, 1.54) is 6.20 Å². The maximum Gasteiger partial charge on any atom is 0.294 e. The quantitative estimate of drug-likeness (QED) is 0.543. The number of para-hydroxylation sites is 1. The third-order valence-corrected chi connectivity index (χ3v) is 6.86. The Morgan fingerprint density at radius 2 is 1.85 bits per heavy atom. The number of likely N-dealkylation sites (tertiary alicyclic amines) is 1. The van der Waals surface area contributed by atoms with Crippen molar-refractivity contribution in [1.82, 2.24) is 9.88 Å². The van der Waals surface area contributed by atoms with Gasteiger partial charge in [-0.2, -0.15) is 0 Å². The van der Waals surface area contributed by atoms with Crippen LogP contribution in [-0.4, -0.2) is 40.2 Å². The van der Waals surface area contributed by atoms with Crippen LogP contribution in [0.2, 0.25) is 5.02 Å². The zero-order valence-corrected chi connectivity index (χ0v) is 19.3. The van der Waals surface area contributed by atoms with E-state index < -0.39 is 5.91 Å². The topological polar surface area (TPSA) is 105 Å². The molecule has 8 nitrogen and oxygen atoms in total. The second-order valence-corrected chi connectivity index (χ2v) is 9.24. The van der Waals surface area contributed by atoms with Crippen molar-refractivity contribution in [2.45, 2.75) is 44.6 Å². The third kappa shape index (κ3) is 4.50. The predicted molar refractivity (Wildman–Crippen MR) is 129 cm³/mol. The van der Waals surface area contributed by atoms with Gasteiger partial charge in [0.15, 0.2) is 0 Å². The molecule has 1 saturated carbocycles. The van der Waals surface area contributed by atoms with E-state index in [0.717, 1.165) is 25.8 Å². The van der Waals surface area contributed by atoms with Gasteiger partial charge < -0.3 is 20.0 Å². The summed E-state index contributed by atoms with van der Waals surface area (Å²) in [4.78, 5) is 44.3. The van der Waals surface area contributed by atoms with E-state index in [2.05, 4.69) is 15.6 Å². The van der Waals surface area contributed by atoms with E-state index in [9.17, 15) is 14.4 Å². The van der Waals surface area contributed by atoms with Crippen LogP contribution >= 0.6 is 11.6 Å². The minimum absolute atomic E-state index is 0.0163. The maximum atomic E-state index is 13.2. The van der Waals surface area contributed by atoms with E-state index in [1.807, 2.05) is 17.0 Å². The van der Waals surface area contributed by atoms with Crippen LogP contribution in [0.3, 0.4) is 0 Å². The Hall–Kier alpha value is -3.39. The summed E-state index contributed by atoms with van der Waals surface area (Å²) < 4.78 is 5.82. The Morgan fingerprint density at radius 1 is 1.06 bits per heavy atom. The Balaban J connectivity index is 1.32. The molecule has 0 bridgehead atoms. The number of hydrogen-bond donors (Lipinski definition) is 2. The number of carbonyl (C=O) groups is 3. The Labute approximate surface area is 201 Å². The molecule has 9 heteroatoms. The lowest BCUT2D eigenvalue weighted by molar-refractivity contribution is -0.130. The fourth-order valence-corrected chi connectivity index (χ4v) is 4.99. The monoisotopic (exact) mass is 480 g/mol. The van der Waals surface area contributed by atoms with E-state index in [4.69, 9.17) is 16.0 Å². The number of amides is 3. The Kier molecular flexibility index (Phi) is 6.24. The third-order valence-electron chi connectivity index (χ3n) is 6.64. The lowest BCUT2D eigenvalue weighted by Crippen LogP contribution is -2.40. The average Bonchev–Trinajstić information content (AvgIpc) is 3.44. The number of nitrogens with zero attached hydrogens (tertiary/aromatic N) is 2. The standard InChI is InChI=1S/C25H25ClN4O4/c26-16-9-12-20(27-14-16)28-25(33)23-22(18-4-1-2-5-19(18)34-23)29-24(32)15-7-10-17(11-8-15)30-13-3-6-21(30)31/h1-2,4-5,9,12,14-15,17H,3,6-8,10-11,13H2,(H,29,32)(H,27,28,33). The molecule has 1 saturated heterocycles. The normalized spacial score (nSPS) is 20.5. The molecule has 1 aliphatic heterocycles. The van der Waals surface area contributed by atoms with Gasteiger partial charge in [0, 0.05) is 36.5 Å². The van der Waals surface area contributed by atoms with E-state index in [1.54, 1.807) is 24.3 Å². The highest BCUT2D eigenvalue weighted by molar-refractivity contribution is 6.30. The number of hydrogen-bond acceptors (Lipinski definition) is 5. The number of halogens is 1. The van der Waals surface area contributed by atoms with Gasteiger partial charge in [-0.15, -0.1) is 0 Å². The number of aromatic nitrogens is 1. The molecule has 2 fully saturated rings. The number of anilines is 2. The van der Waals surface area contributed by atoms with Crippen LogP contribution in [0.1, 0.15) is 49.1 Å². The van der Waals surface area contributed by atoms with E-state index in [0.29, 0.717) is 46.8 Å². The van der Waals surface area contributed by atoms with Crippen molar-refractivity contribution in [3.05, 3.63) is 53.4 Å². The highest BCUT2D eigenvalue weighted by Crippen LogP contribution is 2.34. The van der Waals surface area contributed by atoms with Crippen molar-refractivity contribution in [2.24, 2.45) is 5.92 Å². The smallest absolute Gasteiger partial charge is 0.294 e. The SMILES string of the molecule is O=C(Nc1ccc(Cl)cn1)c1oc2ccccc2c1NC(=O)C1CCC(N2CCCC2=O)CC1. The Morgan fingerprint density at radius 3 is 2.56 bits per heavy atom. The van der Waals surface area contributed by atoms with Crippen molar-refractivity contribution in [2.75, 3.05) is 17.2 Å². The van der Waals surface area contributed by atoms with Crippen LogP contribution in [0.25, 0.3) is 11.0 Å². The van der Waals surface area contributed by atoms with E-state index >= 15 is 0 Å². The molecule has 0 radical (unpaired) electrons. The number of pyridine rings is 1. The van der Waals surface area contributed by atoms with Gasteiger partial charge in [-0.1, -0.05) is 23.7 Å². The second-order valence-electron chi connectivity index (χ2n) is 8.80. The molecule has 5 rings (SSSR count). The molecule has 0 spiro atoms. The fourth-order valence-electron chi connectivity index (χ4n) is 4.88. The second kappa shape index (κ2) is 9.46. The number of benzene rings is 1. The summed E-state index contributed by atoms with van der Waals surface area (Å²) >= 11 is 5.87. The number of carbonyl (C=O) groups excluding carboxylic acids is 3. The van der Waals surface area contributed by atoms with Crippen molar-refractivity contribution in [3.8, 4) is 0 Å². The highest BCUT2D eigenvalue weighted by Gasteiger charge is 2.34. The lowest BCUT2D eigenvalue weighted by atomic mass is 9.84. The first-order valence-electron chi connectivity index (χ1n) is 11.5. The van der Waals surface area contributed by atoms with Crippen LogP contribution in [0.5, 0.6) is 0 Å². The first kappa shape index (κ1) is 22.4. The van der Waals surface area contributed by atoms with Crippen molar-refractivity contribution in [3.63, 3.8) is 0 Å². The molecular formula is C25H25ClN4O4. The summed E-state index contributed by atoms with van der Waals surface area (Å²) in [6, 6.07) is 10.6. The van der Waals surface area contributed by atoms with Gasteiger partial charge in [-0.3, -0.25) is 14.4 Å². The van der Waals surface area contributed by atoms with Crippen LogP contribution in [0.4, 0.5) is 11.5 Å². The molecule has 0 atom stereocenters. The molecule has 2 N–H and O–H groups in total. The summed E-state index contributed by atoms with van der Waals surface area (Å²) in [6.45, 7) is 0.822. The van der Waals surface area contributed by atoms with Gasteiger partial charge in [-0.05, 0) is 56.4 Å². The summed E-state index contributed by atoms with van der Waals surface area (Å²) in [5.41, 5.74) is 0.854. The lowest BCUT2D eigenvalue weighted by Gasteiger charge is -2.34. The first-order valence-corrected chi connectivity index (χ1v) is 11.9. The van der Waals surface area contributed by atoms with Crippen LogP contribution in [0, 0.1) is 5.92 Å². The minimum atomic E-state index is -0.516. The van der Waals surface area contributed by atoms with Crippen molar-refractivity contribution < 1.29 is 18.8 Å². The molecule has 2 aromatic heterocycles. The van der Waals surface area contributed by atoms with Crippen molar-refractivity contribution >= 4 is 51.8 Å². The number of furan rings is 1. The number of rotatable bonds is 5.